The fraction of sp³-hybridized carbons (Fsp3) is 0.300. The molecule has 0 spiro atoms. The van der Waals surface area contributed by atoms with Crippen LogP contribution < -0.4 is 10.2 Å². The minimum Gasteiger partial charge on any atom is -0.340 e. The smallest absolute Gasteiger partial charge is 0.251 e. The number of rotatable bonds is 4. The van der Waals surface area contributed by atoms with E-state index >= 15 is 0 Å². The normalized spacial score (nSPS) is 14.3. The van der Waals surface area contributed by atoms with Crippen LogP contribution in [0.5, 0.6) is 0 Å². The molecule has 2 aromatic rings. The lowest BCUT2D eigenvalue weighted by molar-refractivity contribution is -0.121. The van der Waals surface area contributed by atoms with Crippen LogP contribution in [0.2, 0.25) is 5.02 Å². The predicted molar refractivity (Wildman–Crippen MR) is 100 cm³/mol. The number of fused-ring (bicyclic) bond motifs is 1. The number of amides is 2. The van der Waals surface area contributed by atoms with Crippen molar-refractivity contribution in [2.24, 2.45) is 5.92 Å². The number of para-hydroxylation sites is 1. The lowest BCUT2D eigenvalue weighted by Gasteiger charge is -2.27. The van der Waals surface area contributed by atoms with Crippen molar-refractivity contribution in [2.45, 2.75) is 26.3 Å². The first-order valence-electron chi connectivity index (χ1n) is 8.43. The van der Waals surface area contributed by atoms with E-state index in [0.29, 0.717) is 17.1 Å². The molecule has 1 N–H and O–H groups in total. The summed E-state index contributed by atoms with van der Waals surface area (Å²) in [6, 6.07) is 14.0. The van der Waals surface area contributed by atoms with Gasteiger partial charge in [0, 0.05) is 22.8 Å². The van der Waals surface area contributed by atoms with Crippen molar-refractivity contribution in [3.63, 3.8) is 0 Å². The van der Waals surface area contributed by atoms with Crippen molar-refractivity contribution in [3.05, 3.63) is 64.7 Å². The summed E-state index contributed by atoms with van der Waals surface area (Å²) in [6.45, 7) is 4.53. The Balaban J connectivity index is 1.78. The maximum absolute atomic E-state index is 13.1. The molecule has 2 amide bonds. The van der Waals surface area contributed by atoms with Gasteiger partial charge in [-0.2, -0.15) is 0 Å². The largest absolute Gasteiger partial charge is 0.340 e. The van der Waals surface area contributed by atoms with Gasteiger partial charge in [-0.1, -0.05) is 43.6 Å². The number of carbonyl (C=O) groups is 2. The third-order valence-electron chi connectivity index (χ3n) is 4.48. The topological polar surface area (TPSA) is 49.4 Å². The monoisotopic (exact) mass is 356 g/mol. The molecule has 5 heteroatoms. The first-order valence-corrected chi connectivity index (χ1v) is 8.81. The first kappa shape index (κ1) is 17.5. The molecule has 2 aromatic carbocycles. The SMILES string of the molecule is CC(C)[C@@H](NC(=O)c1ccc(Cl)cc1)C(=O)N1CCc2ccccc21. The van der Waals surface area contributed by atoms with Crippen molar-refractivity contribution in [3.8, 4) is 0 Å². The second kappa shape index (κ2) is 7.28. The molecule has 0 radical (unpaired) electrons. The van der Waals surface area contributed by atoms with Gasteiger partial charge in [-0.25, -0.2) is 0 Å². The number of carbonyl (C=O) groups excluding carboxylic acids is 2. The van der Waals surface area contributed by atoms with Crippen LogP contribution in [0.3, 0.4) is 0 Å². The van der Waals surface area contributed by atoms with Gasteiger partial charge in [0.15, 0.2) is 0 Å². The van der Waals surface area contributed by atoms with Crippen molar-refractivity contribution < 1.29 is 9.59 Å². The molecule has 0 bridgehead atoms. The molecule has 0 saturated carbocycles. The lowest BCUT2D eigenvalue weighted by Crippen LogP contribution is -2.51. The molecule has 0 fully saturated rings. The molecule has 0 aliphatic carbocycles. The highest BCUT2D eigenvalue weighted by Crippen LogP contribution is 2.28. The van der Waals surface area contributed by atoms with Crippen molar-refractivity contribution >= 4 is 29.1 Å². The summed E-state index contributed by atoms with van der Waals surface area (Å²) in [4.78, 5) is 27.4. The second-order valence-electron chi connectivity index (χ2n) is 6.57. The summed E-state index contributed by atoms with van der Waals surface area (Å²) in [5.41, 5.74) is 2.60. The third-order valence-corrected chi connectivity index (χ3v) is 4.73. The zero-order valence-corrected chi connectivity index (χ0v) is 15.1. The van der Waals surface area contributed by atoms with Crippen LogP contribution in [0.4, 0.5) is 5.69 Å². The van der Waals surface area contributed by atoms with E-state index in [1.165, 1.54) is 5.56 Å². The van der Waals surface area contributed by atoms with E-state index in [9.17, 15) is 9.59 Å². The van der Waals surface area contributed by atoms with E-state index in [0.717, 1.165) is 12.1 Å². The maximum atomic E-state index is 13.1. The molecule has 1 heterocycles. The van der Waals surface area contributed by atoms with Gasteiger partial charge in [0.05, 0.1) is 0 Å². The Kier molecular flexibility index (Phi) is 5.09. The van der Waals surface area contributed by atoms with Gasteiger partial charge in [0.1, 0.15) is 6.04 Å². The average molecular weight is 357 g/mol. The molecule has 1 aliphatic heterocycles. The minimum atomic E-state index is -0.575. The Morgan fingerprint density at radius 3 is 2.44 bits per heavy atom. The number of benzene rings is 2. The van der Waals surface area contributed by atoms with Crippen molar-refractivity contribution in [1.82, 2.24) is 5.32 Å². The molecule has 0 saturated heterocycles. The summed E-state index contributed by atoms with van der Waals surface area (Å²) >= 11 is 5.86. The van der Waals surface area contributed by atoms with Crippen LogP contribution >= 0.6 is 11.6 Å². The van der Waals surface area contributed by atoms with Gasteiger partial charge >= 0.3 is 0 Å². The molecule has 0 unspecified atom stereocenters. The van der Waals surface area contributed by atoms with Crippen LogP contribution in [-0.4, -0.2) is 24.4 Å². The first-order chi connectivity index (χ1) is 12.0. The van der Waals surface area contributed by atoms with E-state index in [1.807, 2.05) is 38.1 Å². The molecular formula is C20H21ClN2O2. The highest BCUT2D eigenvalue weighted by molar-refractivity contribution is 6.30. The zero-order chi connectivity index (χ0) is 18.0. The molecule has 130 valence electrons. The van der Waals surface area contributed by atoms with E-state index < -0.39 is 6.04 Å². The Bertz CT molecular complexity index is 787. The predicted octanol–water partition coefficient (Wildman–Crippen LogP) is 3.68. The number of nitrogens with one attached hydrogen (secondary N) is 1. The molecule has 1 atom stereocenters. The van der Waals surface area contributed by atoms with Gasteiger partial charge in [-0.15, -0.1) is 0 Å². The Morgan fingerprint density at radius 1 is 1.08 bits per heavy atom. The number of halogens is 1. The van der Waals surface area contributed by atoms with Crippen LogP contribution in [0.25, 0.3) is 0 Å². The molecule has 3 rings (SSSR count). The molecule has 1 aliphatic rings. The number of hydrogen-bond donors (Lipinski definition) is 1. The Hall–Kier alpha value is -2.33. The molecule has 0 aromatic heterocycles. The van der Waals surface area contributed by atoms with Gasteiger partial charge in [-0.3, -0.25) is 9.59 Å². The van der Waals surface area contributed by atoms with Crippen molar-refractivity contribution in [2.75, 3.05) is 11.4 Å². The van der Waals surface area contributed by atoms with Crippen LogP contribution in [0, 0.1) is 5.92 Å². The lowest BCUT2D eigenvalue weighted by atomic mass is 10.0. The second-order valence-corrected chi connectivity index (χ2v) is 7.01. The van der Waals surface area contributed by atoms with Gasteiger partial charge in [-0.05, 0) is 48.2 Å². The quantitative estimate of drug-likeness (QED) is 0.908. The Labute approximate surface area is 152 Å². The summed E-state index contributed by atoms with van der Waals surface area (Å²) in [7, 11) is 0. The summed E-state index contributed by atoms with van der Waals surface area (Å²) in [5, 5.41) is 3.46. The molecular weight excluding hydrogens is 336 g/mol. The zero-order valence-electron chi connectivity index (χ0n) is 14.3. The fourth-order valence-corrected chi connectivity index (χ4v) is 3.20. The van der Waals surface area contributed by atoms with Gasteiger partial charge in [0.25, 0.3) is 5.91 Å². The van der Waals surface area contributed by atoms with Gasteiger partial charge < -0.3 is 10.2 Å². The number of hydrogen-bond acceptors (Lipinski definition) is 2. The summed E-state index contributed by atoms with van der Waals surface area (Å²) in [6.07, 6.45) is 0.845. The van der Waals surface area contributed by atoms with Crippen LogP contribution in [0.1, 0.15) is 29.8 Å². The minimum absolute atomic E-state index is 0.0171. The van der Waals surface area contributed by atoms with Gasteiger partial charge in [0.2, 0.25) is 5.91 Å². The standard InChI is InChI=1S/C20H21ClN2O2/c1-13(2)18(22-19(24)15-7-9-16(21)10-8-15)20(25)23-12-11-14-5-3-4-6-17(14)23/h3-10,13,18H,11-12H2,1-2H3,(H,22,24)/t18-/m1/s1. The fourth-order valence-electron chi connectivity index (χ4n) is 3.07. The highest BCUT2D eigenvalue weighted by Gasteiger charge is 2.32. The highest BCUT2D eigenvalue weighted by atomic mass is 35.5. The summed E-state index contributed by atoms with van der Waals surface area (Å²) < 4.78 is 0. The van der Waals surface area contributed by atoms with Crippen LogP contribution in [0.15, 0.2) is 48.5 Å². The Morgan fingerprint density at radius 2 is 1.76 bits per heavy atom. The number of nitrogens with zero attached hydrogens (tertiary/aromatic N) is 1. The molecule has 4 nitrogen and oxygen atoms in total. The average Bonchev–Trinajstić information content (AvgIpc) is 3.03. The van der Waals surface area contributed by atoms with E-state index in [4.69, 9.17) is 11.6 Å². The van der Waals surface area contributed by atoms with Crippen molar-refractivity contribution in [1.29, 1.82) is 0 Å². The number of anilines is 1. The summed E-state index contributed by atoms with van der Waals surface area (Å²) in [5.74, 6) is -0.352. The van der Waals surface area contributed by atoms with Crippen LogP contribution in [-0.2, 0) is 11.2 Å². The van der Waals surface area contributed by atoms with E-state index in [1.54, 1.807) is 29.2 Å². The maximum Gasteiger partial charge on any atom is 0.251 e. The van der Waals surface area contributed by atoms with E-state index in [-0.39, 0.29) is 17.7 Å². The van der Waals surface area contributed by atoms with E-state index in [2.05, 4.69) is 5.32 Å². The molecule has 25 heavy (non-hydrogen) atoms. The third kappa shape index (κ3) is 3.69.